The minimum atomic E-state index is -3.71. The first-order chi connectivity index (χ1) is 12.7. The molecule has 2 aromatic rings. The highest BCUT2D eigenvalue weighted by atomic mass is 32.2. The number of carbonyl (C=O) groups excluding carboxylic acids is 1. The van der Waals surface area contributed by atoms with Gasteiger partial charge in [-0.15, -0.1) is 0 Å². The first-order valence-corrected chi connectivity index (χ1v) is 10.5. The van der Waals surface area contributed by atoms with E-state index < -0.39 is 33.1 Å². The molecule has 0 bridgehead atoms. The summed E-state index contributed by atoms with van der Waals surface area (Å²) in [6.07, 6.45) is 0.259. The van der Waals surface area contributed by atoms with Gasteiger partial charge in [0.1, 0.15) is 6.61 Å². The molecule has 0 aliphatic rings. The zero-order chi connectivity index (χ0) is 19.9. The van der Waals surface area contributed by atoms with Gasteiger partial charge in [0, 0.05) is 0 Å². The molecule has 0 aromatic heterocycles. The van der Waals surface area contributed by atoms with E-state index in [4.69, 9.17) is 4.74 Å². The fraction of sp³-hybridized carbons (Fsp3) is 0.381. The summed E-state index contributed by atoms with van der Waals surface area (Å²) in [6, 6.07) is 18.5. The molecule has 0 spiro atoms. The van der Waals surface area contributed by atoms with E-state index in [-0.39, 0.29) is 18.8 Å². The molecule has 1 N–H and O–H groups in total. The Morgan fingerprint density at radius 3 is 2.04 bits per heavy atom. The monoisotopic (exact) mass is 390 g/mol. The van der Waals surface area contributed by atoms with Crippen LogP contribution in [0.15, 0.2) is 60.7 Å². The van der Waals surface area contributed by atoms with Crippen molar-refractivity contribution in [3.8, 4) is 0 Å². The lowest BCUT2D eigenvalue weighted by atomic mass is 10.0. The largest absolute Gasteiger partial charge is 0.461 e. The third-order valence-electron chi connectivity index (χ3n) is 4.53. The number of esters is 1. The SMILES string of the molecule is CC(C)(CO)S(=O)(=O)CC(Cc1ccccc1)C(=O)OCc1ccccc1. The van der Waals surface area contributed by atoms with Crippen LogP contribution < -0.4 is 0 Å². The Labute approximate surface area is 160 Å². The molecular weight excluding hydrogens is 364 g/mol. The smallest absolute Gasteiger partial charge is 0.310 e. The number of ether oxygens (including phenoxy) is 1. The molecule has 0 fully saturated rings. The van der Waals surface area contributed by atoms with E-state index in [1.165, 1.54) is 13.8 Å². The number of benzene rings is 2. The maximum atomic E-state index is 12.7. The summed E-state index contributed by atoms with van der Waals surface area (Å²) in [5.41, 5.74) is 1.69. The quantitative estimate of drug-likeness (QED) is 0.666. The second kappa shape index (κ2) is 9.15. The van der Waals surface area contributed by atoms with Gasteiger partial charge in [-0.2, -0.15) is 0 Å². The van der Waals surface area contributed by atoms with Gasteiger partial charge in [-0.25, -0.2) is 8.42 Å². The second-order valence-corrected chi connectivity index (χ2v) is 9.85. The number of carbonyl (C=O) groups is 1. The van der Waals surface area contributed by atoms with Crippen molar-refractivity contribution in [2.45, 2.75) is 31.6 Å². The van der Waals surface area contributed by atoms with Crippen LogP contribution in [0, 0.1) is 5.92 Å². The standard InChI is InChI=1S/C21H26O5S/c1-21(2,16-22)27(24,25)15-19(13-17-9-5-3-6-10-17)20(23)26-14-18-11-7-4-8-12-18/h3-12,19,22H,13-16H2,1-2H3. The Hall–Kier alpha value is -2.18. The zero-order valence-corrected chi connectivity index (χ0v) is 16.5. The van der Waals surface area contributed by atoms with Crippen molar-refractivity contribution in [2.24, 2.45) is 5.92 Å². The lowest BCUT2D eigenvalue weighted by Gasteiger charge is -2.25. The molecule has 0 amide bonds. The van der Waals surface area contributed by atoms with E-state index in [1.807, 2.05) is 60.7 Å². The number of aliphatic hydroxyl groups excluding tert-OH is 1. The Morgan fingerprint density at radius 2 is 1.52 bits per heavy atom. The Kier molecular flexibility index (Phi) is 7.16. The van der Waals surface area contributed by atoms with Crippen molar-refractivity contribution in [2.75, 3.05) is 12.4 Å². The number of rotatable bonds is 9. The van der Waals surface area contributed by atoms with Gasteiger partial charge in [0.2, 0.25) is 0 Å². The van der Waals surface area contributed by atoms with Gasteiger partial charge in [-0.05, 0) is 31.4 Å². The van der Waals surface area contributed by atoms with E-state index >= 15 is 0 Å². The van der Waals surface area contributed by atoms with Crippen LogP contribution in [0.3, 0.4) is 0 Å². The van der Waals surface area contributed by atoms with Crippen LogP contribution in [-0.4, -0.2) is 36.6 Å². The van der Waals surface area contributed by atoms with Gasteiger partial charge in [0.25, 0.3) is 0 Å². The van der Waals surface area contributed by atoms with Crippen LogP contribution in [0.5, 0.6) is 0 Å². The van der Waals surface area contributed by atoms with Gasteiger partial charge in [-0.3, -0.25) is 4.79 Å². The summed E-state index contributed by atoms with van der Waals surface area (Å²) in [5.74, 6) is -1.77. The summed E-state index contributed by atoms with van der Waals surface area (Å²) >= 11 is 0. The van der Waals surface area contributed by atoms with Gasteiger partial charge in [0.05, 0.1) is 23.0 Å². The van der Waals surface area contributed by atoms with E-state index in [1.54, 1.807) is 0 Å². The molecule has 0 radical (unpaired) electrons. The number of sulfone groups is 1. The highest BCUT2D eigenvalue weighted by Crippen LogP contribution is 2.22. The van der Waals surface area contributed by atoms with E-state index in [0.717, 1.165) is 11.1 Å². The summed E-state index contributed by atoms with van der Waals surface area (Å²) in [4.78, 5) is 12.7. The topological polar surface area (TPSA) is 80.7 Å². The molecule has 27 heavy (non-hydrogen) atoms. The maximum Gasteiger partial charge on any atom is 0.310 e. The molecule has 5 nitrogen and oxygen atoms in total. The molecule has 0 saturated heterocycles. The van der Waals surface area contributed by atoms with E-state index in [2.05, 4.69) is 0 Å². The van der Waals surface area contributed by atoms with Crippen molar-refractivity contribution in [1.82, 2.24) is 0 Å². The van der Waals surface area contributed by atoms with Crippen LogP contribution in [-0.2, 0) is 32.4 Å². The van der Waals surface area contributed by atoms with E-state index in [9.17, 15) is 18.3 Å². The molecule has 146 valence electrons. The lowest BCUT2D eigenvalue weighted by molar-refractivity contribution is -0.149. The fourth-order valence-corrected chi connectivity index (χ4v) is 3.98. The normalized spacial score (nSPS) is 13.1. The molecule has 6 heteroatoms. The van der Waals surface area contributed by atoms with Crippen LogP contribution in [0.4, 0.5) is 0 Å². The molecule has 0 saturated carbocycles. The molecule has 2 aromatic carbocycles. The average Bonchev–Trinajstić information content (AvgIpc) is 2.67. The fourth-order valence-electron chi connectivity index (χ4n) is 2.54. The average molecular weight is 391 g/mol. The molecular formula is C21H26O5S. The van der Waals surface area contributed by atoms with Gasteiger partial charge in [-0.1, -0.05) is 60.7 Å². The second-order valence-electron chi connectivity index (χ2n) is 7.18. The van der Waals surface area contributed by atoms with Crippen molar-refractivity contribution in [1.29, 1.82) is 0 Å². The summed E-state index contributed by atoms with van der Waals surface area (Å²) < 4.78 is 29.5. The van der Waals surface area contributed by atoms with Crippen molar-refractivity contribution in [3.05, 3.63) is 71.8 Å². The highest BCUT2D eigenvalue weighted by Gasteiger charge is 2.38. The minimum Gasteiger partial charge on any atom is -0.461 e. The molecule has 1 unspecified atom stereocenters. The predicted molar refractivity (Wildman–Crippen MR) is 105 cm³/mol. The minimum absolute atomic E-state index is 0.0917. The maximum absolute atomic E-state index is 12.7. The molecule has 1 atom stereocenters. The van der Waals surface area contributed by atoms with Crippen LogP contribution in [0.1, 0.15) is 25.0 Å². The van der Waals surface area contributed by atoms with Crippen molar-refractivity contribution < 1.29 is 23.1 Å². The molecule has 0 aliphatic carbocycles. The van der Waals surface area contributed by atoms with Gasteiger partial charge >= 0.3 is 5.97 Å². The van der Waals surface area contributed by atoms with Crippen LogP contribution >= 0.6 is 0 Å². The van der Waals surface area contributed by atoms with Crippen LogP contribution in [0.25, 0.3) is 0 Å². The Balaban J connectivity index is 2.17. The number of hydrogen-bond acceptors (Lipinski definition) is 5. The summed E-state index contributed by atoms with van der Waals surface area (Å²) in [6.45, 7) is 2.50. The zero-order valence-electron chi connectivity index (χ0n) is 15.7. The van der Waals surface area contributed by atoms with Gasteiger partial charge < -0.3 is 9.84 Å². The van der Waals surface area contributed by atoms with Gasteiger partial charge in [0.15, 0.2) is 9.84 Å². The number of aliphatic hydroxyl groups is 1. The van der Waals surface area contributed by atoms with Crippen LogP contribution in [0.2, 0.25) is 0 Å². The van der Waals surface area contributed by atoms with Crippen molar-refractivity contribution >= 4 is 15.8 Å². The molecule has 0 aliphatic heterocycles. The van der Waals surface area contributed by atoms with E-state index in [0.29, 0.717) is 0 Å². The third kappa shape index (κ3) is 5.91. The first-order valence-electron chi connectivity index (χ1n) is 8.83. The Bertz CT molecular complexity index is 829. The summed E-state index contributed by atoms with van der Waals surface area (Å²) in [5, 5.41) is 9.43. The lowest BCUT2D eigenvalue weighted by Crippen LogP contribution is -2.41. The first kappa shape index (κ1) is 21.1. The highest BCUT2D eigenvalue weighted by molar-refractivity contribution is 7.92. The molecule has 0 heterocycles. The Morgan fingerprint density at radius 1 is 1.00 bits per heavy atom. The summed E-state index contributed by atoms with van der Waals surface area (Å²) in [7, 11) is -3.71. The van der Waals surface area contributed by atoms with Crippen molar-refractivity contribution in [3.63, 3.8) is 0 Å². The molecule has 2 rings (SSSR count). The third-order valence-corrected chi connectivity index (χ3v) is 7.18. The predicted octanol–water partition coefficient (Wildman–Crippen LogP) is 2.77. The number of hydrogen-bond donors (Lipinski definition) is 1.